The van der Waals surface area contributed by atoms with Gasteiger partial charge in [-0.25, -0.2) is 0 Å². The molecule has 1 aliphatic rings. The molecule has 35 heavy (non-hydrogen) atoms. The Hall–Kier alpha value is -2.97. The minimum atomic E-state index is -3.67. The number of aliphatic imine (C=N–C) groups is 1. The van der Waals surface area contributed by atoms with Gasteiger partial charge in [0.2, 0.25) is 5.91 Å². The zero-order valence-corrected chi connectivity index (χ0v) is 21.8. The van der Waals surface area contributed by atoms with Gasteiger partial charge in [-0.3, -0.25) is 24.3 Å². The largest absolute Gasteiger partial charge is 0.463 e. The first-order chi connectivity index (χ1) is 16.1. The van der Waals surface area contributed by atoms with E-state index in [2.05, 4.69) is 10.3 Å². The van der Waals surface area contributed by atoms with Gasteiger partial charge in [-0.05, 0) is 32.9 Å². The number of amidine groups is 2. The zero-order chi connectivity index (χ0) is 26.9. The highest BCUT2D eigenvalue weighted by Gasteiger charge is 2.39. The van der Waals surface area contributed by atoms with Gasteiger partial charge in [0.25, 0.3) is 16.0 Å². The lowest BCUT2D eigenvalue weighted by atomic mass is 10.1. The van der Waals surface area contributed by atoms with Gasteiger partial charge in [0, 0.05) is 30.8 Å². The second kappa shape index (κ2) is 13.2. The molecule has 0 spiro atoms. The van der Waals surface area contributed by atoms with Gasteiger partial charge in [-0.15, -0.1) is 0 Å². The van der Waals surface area contributed by atoms with Crippen molar-refractivity contribution in [2.24, 2.45) is 10.7 Å². The topological polar surface area (TPSA) is 192 Å². The summed E-state index contributed by atoms with van der Waals surface area (Å²) >= 11 is 1.21. The lowest BCUT2D eigenvalue weighted by Gasteiger charge is -2.19. The average Bonchev–Trinajstić information content (AvgIpc) is 3.00. The minimum absolute atomic E-state index is 0.0773. The Morgan fingerprint density at radius 3 is 2.26 bits per heavy atom. The molecule has 2 amide bonds. The van der Waals surface area contributed by atoms with Crippen molar-refractivity contribution in [1.29, 1.82) is 5.41 Å². The predicted octanol–water partition coefficient (Wildman–Crippen LogP) is 0.864. The van der Waals surface area contributed by atoms with Crippen LogP contribution in [0.4, 0.5) is 0 Å². The summed E-state index contributed by atoms with van der Waals surface area (Å²) in [5.74, 6) is -1.10. The Balaban J connectivity index is 0.00000111. The molecular weight excluding hydrogens is 498 g/mol. The molecule has 1 aromatic carbocycles. The number of carbonyl (C=O) groups excluding carboxylic acids is 3. The van der Waals surface area contributed by atoms with Crippen molar-refractivity contribution in [2.75, 3.05) is 19.8 Å². The van der Waals surface area contributed by atoms with Gasteiger partial charge in [0.15, 0.2) is 5.17 Å². The van der Waals surface area contributed by atoms with Crippen LogP contribution in [-0.4, -0.2) is 83.9 Å². The van der Waals surface area contributed by atoms with Crippen LogP contribution in [0.15, 0.2) is 29.3 Å². The molecule has 1 aliphatic heterocycles. The Labute approximate surface area is 208 Å². The number of hydrogen-bond donors (Lipinski definition) is 4. The first kappa shape index (κ1) is 30.1. The normalized spacial score (nSPS) is 18.6. The van der Waals surface area contributed by atoms with Crippen LogP contribution >= 0.6 is 11.8 Å². The fourth-order valence-electron chi connectivity index (χ4n) is 2.70. The Morgan fingerprint density at radius 1 is 1.26 bits per heavy atom. The number of benzene rings is 1. The SMILES string of the molecule is CC(C)OC(=O)CCNC(=O)C1SC(=NC(=O)c2ccc(C(=N)N)cc2)N(C)C1C.CS(=O)(=O)O. The van der Waals surface area contributed by atoms with Gasteiger partial charge >= 0.3 is 5.97 Å². The smallest absolute Gasteiger partial charge is 0.307 e. The van der Waals surface area contributed by atoms with Crippen molar-refractivity contribution in [3.8, 4) is 0 Å². The van der Waals surface area contributed by atoms with E-state index in [4.69, 9.17) is 20.4 Å². The van der Waals surface area contributed by atoms with Crippen LogP contribution in [0.3, 0.4) is 0 Å². The minimum Gasteiger partial charge on any atom is -0.463 e. The van der Waals surface area contributed by atoms with Gasteiger partial charge < -0.3 is 20.7 Å². The van der Waals surface area contributed by atoms with E-state index in [1.807, 2.05) is 6.92 Å². The number of rotatable bonds is 7. The van der Waals surface area contributed by atoms with Gasteiger partial charge in [0.1, 0.15) is 11.1 Å². The number of nitrogens with one attached hydrogen (secondary N) is 2. The summed E-state index contributed by atoms with van der Waals surface area (Å²) in [5, 5.41) is 10.1. The van der Waals surface area contributed by atoms with E-state index in [0.717, 1.165) is 0 Å². The number of esters is 1. The van der Waals surface area contributed by atoms with Crippen LogP contribution in [0, 0.1) is 5.41 Å². The molecule has 12 nitrogen and oxygen atoms in total. The molecule has 0 aliphatic carbocycles. The van der Waals surface area contributed by atoms with Crippen molar-refractivity contribution >= 4 is 50.7 Å². The van der Waals surface area contributed by atoms with Crippen molar-refractivity contribution in [2.45, 2.75) is 44.6 Å². The molecule has 14 heteroatoms. The van der Waals surface area contributed by atoms with E-state index in [0.29, 0.717) is 22.6 Å². The van der Waals surface area contributed by atoms with E-state index in [1.165, 1.54) is 11.8 Å². The number of hydrogen-bond acceptors (Lipinski definition) is 8. The third-order valence-corrected chi connectivity index (χ3v) is 5.93. The van der Waals surface area contributed by atoms with Crippen molar-refractivity contribution < 1.29 is 32.1 Å². The lowest BCUT2D eigenvalue weighted by Crippen LogP contribution is -2.41. The second-order valence-corrected chi connectivity index (χ2v) is 10.5. The summed E-state index contributed by atoms with van der Waals surface area (Å²) in [6, 6.07) is 6.12. The quantitative estimate of drug-likeness (QED) is 0.170. The van der Waals surface area contributed by atoms with Crippen LogP contribution in [-0.2, 0) is 24.4 Å². The van der Waals surface area contributed by atoms with Crippen molar-refractivity contribution in [1.82, 2.24) is 10.2 Å². The van der Waals surface area contributed by atoms with E-state index in [1.54, 1.807) is 50.1 Å². The molecule has 2 unspecified atom stereocenters. The molecule has 0 bridgehead atoms. The molecule has 1 aromatic rings. The Kier molecular flexibility index (Phi) is 11.3. The summed E-state index contributed by atoms with van der Waals surface area (Å²) in [5.41, 5.74) is 6.31. The van der Waals surface area contributed by atoms with E-state index >= 15 is 0 Å². The van der Waals surface area contributed by atoms with Crippen LogP contribution in [0.5, 0.6) is 0 Å². The first-order valence-corrected chi connectivity index (χ1v) is 13.2. The maximum Gasteiger partial charge on any atom is 0.307 e. The molecule has 1 fully saturated rings. The number of ether oxygens (including phenoxy) is 1. The maximum absolute atomic E-state index is 12.5. The van der Waals surface area contributed by atoms with Crippen LogP contribution in [0.1, 0.15) is 43.1 Å². The highest BCUT2D eigenvalue weighted by Crippen LogP contribution is 2.31. The van der Waals surface area contributed by atoms with Crippen molar-refractivity contribution in [3.63, 3.8) is 0 Å². The summed E-state index contributed by atoms with van der Waals surface area (Å²) in [4.78, 5) is 42.5. The molecule has 0 radical (unpaired) electrons. The van der Waals surface area contributed by atoms with Crippen LogP contribution in [0.25, 0.3) is 0 Å². The Bertz CT molecular complexity index is 1060. The van der Waals surface area contributed by atoms with Gasteiger partial charge in [-0.1, -0.05) is 23.9 Å². The molecule has 194 valence electrons. The monoisotopic (exact) mass is 529 g/mol. The van der Waals surface area contributed by atoms with E-state index in [9.17, 15) is 22.8 Å². The number of nitrogen functional groups attached to an aromatic ring is 1. The zero-order valence-electron chi connectivity index (χ0n) is 20.1. The van der Waals surface area contributed by atoms with Crippen LogP contribution in [0.2, 0.25) is 0 Å². The molecule has 0 saturated carbocycles. The number of thioether (sulfide) groups is 1. The fourth-order valence-corrected chi connectivity index (χ4v) is 3.97. The summed E-state index contributed by atoms with van der Waals surface area (Å²) in [6.45, 7) is 5.59. The van der Waals surface area contributed by atoms with Gasteiger partial charge in [0.05, 0.1) is 18.8 Å². The first-order valence-electron chi connectivity index (χ1n) is 10.5. The molecule has 5 N–H and O–H groups in total. The standard InChI is InChI=1S/C20H27N5O4S.CH4O3S/c1-11(2)29-15(26)9-10-23-19(28)16-12(3)25(4)20(30-16)24-18(27)14-7-5-13(6-8-14)17(21)22;1-5(2,3)4/h5-8,11-12,16H,9-10H2,1-4H3,(H3,21,22)(H,23,28);1H3,(H,2,3,4). The second-order valence-electron chi connectivity index (χ2n) is 7.89. The molecular formula is C21H31N5O7S2. The molecule has 1 heterocycles. The van der Waals surface area contributed by atoms with Crippen LogP contribution < -0.4 is 11.1 Å². The maximum atomic E-state index is 12.5. The summed E-state index contributed by atoms with van der Waals surface area (Å²) in [7, 11) is -1.89. The summed E-state index contributed by atoms with van der Waals surface area (Å²) < 4.78 is 30.9. The number of amides is 2. The molecule has 1 saturated heterocycles. The summed E-state index contributed by atoms with van der Waals surface area (Å²) in [6.07, 6.45) is 0.621. The Morgan fingerprint density at radius 2 is 1.77 bits per heavy atom. The van der Waals surface area contributed by atoms with E-state index < -0.39 is 21.3 Å². The number of nitrogens with zero attached hydrogens (tertiary/aromatic N) is 2. The highest BCUT2D eigenvalue weighted by molar-refractivity contribution is 8.15. The van der Waals surface area contributed by atoms with E-state index in [-0.39, 0.29) is 42.8 Å². The molecule has 0 aromatic heterocycles. The number of nitrogens with two attached hydrogens (primary N) is 1. The number of carbonyl (C=O) groups is 3. The predicted molar refractivity (Wildman–Crippen MR) is 134 cm³/mol. The fraction of sp³-hybridized carbons (Fsp3) is 0.476. The lowest BCUT2D eigenvalue weighted by molar-refractivity contribution is -0.147. The molecule has 2 rings (SSSR count). The highest BCUT2D eigenvalue weighted by atomic mass is 32.2. The van der Waals surface area contributed by atoms with Crippen molar-refractivity contribution in [3.05, 3.63) is 35.4 Å². The average molecular weight is 530 g/mol. The molecule has 2 atom stereocenters. The third-order valence-electron chi connectivity index (χ3n) is 4.48. The third kappa shape index (κ3) is 10.9. The van der Waals surface area contributed by atoms with Gasteiger partial charge in [-0.2, -0.15) is 13.4 Å².